The Labute approximate surface area is 113 Å². The number of rotatable bonds is 4. The summed E-state index contributed by atoms with van der Waals surface area (Å²) in [7, 11) is 1.73. The quantitative estimate of drug-likeness (QED) is 0.747. The predicted molar refractivity (Wildman–Crippen MR) is 75.9 cm³/mol. The number of alkyl halides is 1. The molecule has 3 atom stereocenters. The van der Waals surface area contributed by atoms with Gasteiger partial charge in [-0.25, -0.2) is 0 Å². The molecule has 0 amide bonds. The van der Waals surface area contributed by atoms with Gasteiger partial charge in [-0.05, 0) is 42.4 Å². The van der Waals surface area contributed by atoms with Crippen molar-refractivity contribution >= 4 is 15.9 Å². The van der Waals surface area contributed by atoms with E-state index in [0.717, 1.165) is 24.0 Å². The lowest BCUT2D eigenvalue weighted by Crippen LogP contribution is -2.19. The number of halogens is 1. The molecule has 1 saturated carbocycles. The van der Waals surface area contributed by atoms with E-state index in [1.54, 1.807) is 7.11 Å². The zero-order chi connectivity index (χ0) is 12.3. The van der Waals surface area contributed by atoms with Gasteiger partial charge in [0.25, 0.3) is 0 Å². The fraction of sp³-hybridized carbons (Fsp3) is 0.600. The molecule has 17 heavy (non-hydrogen) atoms. The van der Waals surface area contributed by atoms with Crippen LogP contribution < -0.4 is 4.74 Å². The third kappa shape index (κ3) is 3.25. The van der Waals surface area contributed by atoms with Gasteiger partial charge in [-0.2, -0.15) is 0 Å². The number of ether oxygens (including phenoxy) is 1. The van der Waals surface area contributed by atoms with Crippen molar-refractivity contribution in [3.05, 3.63) is 29.8 Å². The Bertz CT molecular complexity index is 364. The number of hydrogen-bond donors (Lipinski definition) is 0. The van der Waals surface area contributed by atoms with Crippen LogP contribution in [0, 0.1) is 11.8 Å². The normalized spacial score (nSPS) is 25.8. The van der Waals surface area contributed by atoms with Crippen molar-refractivity contribution in [2.45, 2.75) is 37.4 Å². The Morgan fingerprint density at radius 1 is 1.41 bits per heavy atom. The van der Waals surface area contributed by atoms with Crippen molar-refractivity contribution in [1.82, 2.24) is 0 Å². The van der Waals surface area contributed by atoms with Crippen LogP contribution in [0.1, 0.15) is 31.7 Å². The van der Waals surface area contributed by atoms with Gasteiger partial charge in [0, 0.05) is 4.83 Å². The molecular formula is C15H21BrO. The van der Waals surface area contributed by atoms with Gasteiger partial charge in [0.1, 0.15) is 5.75 Å². The molecule has 0 aliphatic heterocycles. The van der Waals surface area contributed by atoms with Crippen molar-refractivity contribution in [3.8, 4) is 5.75 Å². The van der Waals surface area contributed by atoms with E-state index in [9.17, 15) is 0 Å². The summed E-state index contributed by atoms with van der Waals surface area (Å²) in [5, 5.41) is 0. The van der Waals surface area contributed by atoms with E-state index in [0.29, 0.717) is 4.83 Å². The molecule has 0 aromatic heterocycles. The van der Waals surface area contributed by atoms with Crippen LogP contribution in [0.2, 0.25) is 0 Å². The monoisotopic (exact) mass is 296 g/mol. The predicted octanol–water partition coefficient (Wildman–Crippen LogP) is 4.44. The molecule has 0 heterocycles. The van der Waals surface area contributed by atoms with Gasteiger partial charge in [0.2, 0.25) is 0 Å². The van der Waals surface area contributed by atoms with Gasteiger partial charge in [-0.15, -0.1) is 0 Å². The highest BCUT2D eigenvalue weighted by atomic mass is 79.9. The summed E-state index contributed by atoms with van der Waals surface area (Å²) in [4.78, 5) is 0.604. The van der Waals surface area contributed by atoms with E-state index in [1.165, 1.54) is 24.8 Å². The summed E-state index contributed by atoms with van der Waals surface area (Å²) in [6.45, 7) is 2.39. The van der Waals surface area contributed by atoms with E-state index in [4.69, 9.17) is 4.74 Å². The Hall–Kier alpha value is -0.500. The lowest BCUT2D eigenvalue weighted by Gasteiger charge is -2.22. The zero-order valence-corrected chi connectivity index (χ0v) is 12.2. The minimum atomic E-state index is 0.604. The maximum atomic E-state index is 5.27. The summed E-state index contributed by atoms with van der Waals surface area (Å²) in [5.74, 6) is 2.66. The second-order valence-corrected chi connectivity index (χ2v) is 6.32. The Balaban J connectivity index is 1.99. The van der Waals surface area contributed by atoms with Crippen LogP contribution >= 0.6 is 15.9 Å². The molecule has 2 heteroatoms. The molecule has 2 rings (SSSR count). The highest BCUT2D eigenvalue weighted by Crippen LogP contribution is 2.37. The summed E-state index contributed by atoms with van der Waals surface area (Å²) < 4.78 is 5.27. The van der Waals surface area contributed by atoms with Crippen LogP contribution in [0.4, 0.5) is 0 Å². The summed E-state index contributed by atoms with van der Waals surface area (Å²) in [6.07, 6.45) is 5.27. The first-order valence-electron chi connectivity index (χ1n) is 6.47. The topological polar surface area (TPSA) is 9.23 Å². The smallest absolute Gasteiger partial charge is 0.119 e. The standard InChI is InChI=1S/C15H21BrO/c1-11-5-3-8-14(11)15(16)10-12-6-4-7-13(9-12)17-2/h4,6-7,9,11,14-15H,3,5,8,10H2,1-2H3. The van der Waals surface area contributed by atoms with Gasteiger partial charge in [-0.1, -0.05) is 47.8 Å². The van der Waals surface area contributed by atoms with Crippen LogP contribution in [-0.2, 0) is 6.42 Å². The van der Waals surface area contributed by atoms with Crippen molar-refractivity contribution < 1.29 is 4.74 Å². The molecule has 1 aliphatic rings. The highest BCUT2D eigenvalue weighted by Gasteiger charge is 2.29. The van der Waals surface area contributed by atoms with Crippen molar-refractivity contribution in [2.24, 2.45) is 11.8 Å². The molecule has 1 nitrogen and oxygen atoms in total. The second kappa shape index (κ2) is 5.90. The zero-order valence-electron chi connectivity index (χ0n) is 10.7. The molecule has 1 aromatic carbocycles. The van der Waals surface area contributed by atoms with Crippen LogP contribution in [0.15, 0.2) is 24.3 Å². The third-order valence-corrected chi connectivity index (χ3v) is 4.96. The average Bonchev–Trinajstić information content (AvgIpc) is 2.76. The number of methoxy groups -OCH3 is 1. The van der Waals surface area contributed by atoms with Gasteiger partial charge < -0.3 is 4.74 Å². The van der Waals surface area contributed by atoms with Gasteiger partial charge in [0.05, 0.1) is 7.11 Å². The molecule has 3 unspecified atom stereocenters. The van der Waals surface area contributed by atoms with Gasteiger partial charge in [-0.3, -0.25) is 0 Å². The Morgan fingerprint density at radius 2 is 2.24 bits per heavy atom. The molecule has 0 radical (unpaired) electrons. The van der Waals surface area contributed by atoms with Crippen LogP contribution in [0.3, 0.4) is 0 Å². The fourth-order valence-corrected chi connectivity index (χ4v) is 4.05. The Kier molecular flexibility index (Phi) is 4.49. The number of hydrogen-bond acceptors (Lipinski definition) is 1. The minimum Gasteiger partial charge on any atom is -0.497 e. The van der Waals surface area contributed by atoms with Gasteiger partial charge in [0.15, 0.2) is 0 Å². The fourth-order valence-electron chi connectivity index (χ4n) is 2.89. The van der Waals surface area contributed by atoms with Crippen LogP contribution in [0.25, 0.3) is 0 Å². The molecule has 0 N–H and O–H groups in total. The van der Waals surface area contributed by atoms with Gasteiger partial charge >= 0.3 is 0 Å². The van der Waals surface area contributed by atoms with E-state index in [2.05, 4.69) is 41.1 Å². The summed E-state index contributed by atoms with van der Waals surface area (Å²) in [5.41, 5.74) is 1.37. The molecule has 0 spiro atoms. The second-order valence-electron chi connectivity index (χ2n) is 5.14. The summed E-state index contributed by atoms with van der Waals surface area (Å²) >= 11 is 3.89. The van der Waals surface area contributed by atoms with Crippen LogP contribution in [0.5, 0.6) is 5.75 Å². The maximum Gasteiger partial charge on any atom is 0.119 e. The first-order chi connectivity index (χ1) is 8.20. The average molecular weight is 297 g/mol. The van der Waals surface area contributed by atoms with Crippen molar-refractivity contribution in [2.75, 3.05) is 7.11 Å². The lowest BCUT2D eigenvalue weighted by atomic mass is 9.91. The molecule has 94 valence electrons. The van der Waals surface area contributed by atoms with E-state index in [-0.39, 0.29) is 0 Å². The van der Waals surface area contributed by atoms with Crippen molar-refractivity contribution in [3.63, 3.8) is 0 Å². The van der Waals surface area contributed by atoms with E-state index in [1.807, 2.05) is 6.07 Å². The SMILES string of the molecule is COc1cccc(CC(Br)C2CCCC2C)c1. The number of benzene rings is 1. The molecule has 1 fully saturated rings. The lowest BCUT2D eigenvalue weighted by molar-refractivity contribution is 0.404. The molecular weight excluding hydrogens is 276 g/mol. The molecule has 1 aliphatic carbocycles. The largest absolute Gasteiger partial charge is 0.497 e. The van der Waals surface area contributed by atoms with Crippen LogP contribution in [-0.4, -0.2) is 11.9 Å². The molecule has 0 bridgehead atoms. The van der Waals surface area contributed by atoms with E-state index < -0.39 is 0 Å². The van der Waals surface area contributed by atoms with Crippen molar-refractivity contribution in [1.29, 1.82) is 0 Å². The first-order valence-corrected chi connectivity index (χ1v) is 7.39. The first kappa shape index (κ1) is 12.9. The highest BCUT2D eigenvalue weighted by molar-refractivity contribution is 9.09. The molecule has 1 aromatic rings. The summed E-state index contributed by atoms with van der Waals surface area (Å²) in [6, 6.07) is 8.42. The third-order valence-electron chi connectivity index (χ3n) is 3.96. The Morgan fingerprint density at radius 3 is 2.88 bits per heavy atom. The molecule has 0 saturated heterocycles. The maximum absolute atomic E-state index is 5.27. The van der Waals surface area contributed by atoms with E-state index >= 15 is 0 Å². The minimum absolute atomic E-state index is 0.604.